The lowest BCUT2D eigenvalue weighted by Crippen LogP contribution is -1.97. The van der Waals surface area contributed by atoms with Gasteiger partial charge in [-0.15, -0.1) is 23.1 Å². The average Bonchev–Trinajstić information content (AvgIpc) is 3.20. The Bertz CT molecular complexity index is 887. The fourth-order valence-electron chi connectivity index (χ4n) is 2.25. The molecule has 0 spiro atoms. The molecule has 0 fully saturated rings. The number of nitrogens with zero attached hydrogens (tertiary/aromatic N) is 3. The van der Waals surface area contributed by atoms with Crippen LogP contribution in [0.4, 0.5) is 0 Å². The van der Waals surface area contributed by atoms with Gasteiger partial charge >= 0.3 is 0 Å². The number of Topliss-reactive ketones (excluding diaryl/α,β-unsaturated/α-hetero) is 1. The highest BCUT2D eigenvalue weighted by molar-refractivity contribution is 7.99. The van der Waals surface area contributed by atoms with Crippen molar-refractivity contribution in [3.8, 4) is 17.5 Å². The molecule has 3 aromatic heterocycles. The SMILES string of the molecule is N#Cc1ccc(-c2ccccn2)nc1SCCCC(=O)c1cccs1. The average molecular weight is 365 g/mol. The van der Waals surface area contributed by atoms with Crippen molar-refractivity contribution >= 4 is 28.9 Å². The van der Waals surface area contributed by atoms with Crippen LogP contribution in [0.25, 0.3) is 11.4 Å². The summed E-state index contributed by atoms with van der Waals surface area (Å²) in [5, 5.41) is 11.9. The summed E-state index contributed by atoms with van der Waals surface area (Å²) in [6, 6.07) is 15.2. The van der Waals surface area contributed by atoms with Crippen LogP contribution in [-0.2, 0) is 0 Å². The zero-order chi connectivity index (χ0) is 17.5. The fraction of sp³-hybridized carbons (Fsp3) is 0.158. The maximum atomic E-state index is 12.0. The Kier molecular flexibility index (Phi) is 5.94. The number of nitriles is 1. The molecule has 124 valence electrons. The van der Waals surface area contributed by atoms with Crippen molar-refractivity contribution in [3.05, 3.63) is 64.5 Å². The quantitative estimate of drug-likeness (QED) is 0.341. The number of carbonyl (C=O) groups excluding carboxylic acids is 1. The standard InChI is InChI=1S/C19H15N3OS2/c20-13-14-8-9-16(15-5-1-2-10-21-15)22-19(14)25-12-3-6-17(23)18-7-4-11-24-18/h1-2,4-5,7-11H,3,6,12H2. The largest absolute Gasteiger partial charge is 0.293 e. The van der Waals surface area contributed by atoms with Crippen LogP contribution in [-0.4, -0.2) is 21.5 Å². The molecule has 0 saturated carbocycles. The fourth-order valence-corrected chi connectivity index (χ4v) is 3.86. The van der Waals surface area contributed by atoms with Crippen molar-refractivity contribution in [2.24, 2.45) is 0 Å². The number of rotatable bonds is 7. The van der Waals surface area contributed by atoms with E-state index in [9.17, 15) is 10.1 Å². The van der Waals surface area contributed by atoms with E-state index < -0.39 is 0 Å². The molecule has 0 aliphatic rings. The monoisotopic (exact) mass is 365 g/mol. The molecule has 0 bridgehead atoms. The van der Waals surface area contributed by atoms with Crippen molar-refractivity contribution in [2.45, 2.75) is 17.9 Å². The minimum atomic E-state index is 0.173. The van der Waals surface area contributed by atoms with Gasteiger partial charge in [0.25, 0.3) is 0 Å². The predicted octanol–water partition coefficient (Wildman–Crippen LogP) is 4.83. The topological polar surface area (TPSA) is 66.6 Å². The first-order chi connectivity index (χ1) is 12.3. The number of pyridine rings is 2. The molecule has 0 saturated heterocycles. The molecule has 0 aliphatic carbocycles. The van der Waals surface area contributed by atoms with Gasteiger partial charge in [-0.3, -0.25) is 9.78 Å². The summed E-state index contributed by atoms with van der Waals surface area (Å²) in [5.41, 5.74) is 2.08. The van der Waals surface area contributed by atoms with Gasteiger partial charge in [-0.1, -0.05) is 12.1 Å². The maximum Gasteiger partial charge on any atom is 0.172 e. The van der Waals surface area contributed by atoms with Crippen LogP contribution in [0.3, 0.4) is 0 Å². The zero-order valence-electron chi connectivity index (χ0n) is 13.4. The van der Waals surface area contributed by atoms with Crippen LogP contribution in [0.2, 0.25) is 0 Å². The molecule has 3 aromatic rings. The summed E-state index contributed by atoms with van der Waals surface area (Å²) < 4.78 is 0. The third-order valence-electron chi connectivity index (χ3n) is 3.49. The van der Waals surface area contributed by atoms with Gasteiger partial charge in [0.2, 0.25) is 0 Å². The molecule has 3 heterocycles. The second kappa shape index (κ2) is 8.56. The highest BCUT2D eigenvalue weighted by Crippen LogP contribution is 2.25. The molecule has 4 nitrogen and oxygen atoms in total. The van der Waals surface area contributed by atoms with Gasteiger partial charge in [0, 0.05) is 12.6 Å². The van der Waals surface area contributed by atoms with Crippen LogP contribution in [0, 0.1) is 11.3 Å². The van der Waals surface area contributed by atoms with Gasteiger partial charge in [-0.05, 0) is 47.9 Å². The number of aromatic nitrogens is 2. The van der Waals surface area contributed by atoms with Crippen LogP contribution >= 0.6 is 23.1 Å². The zero-order valence-corrected chi connectivity index (χ0v) is 15.0. The summed E-state index contributed by atoms with van der Waals surface area (Å²) in [5.74, 6) is 0.913. The number of hydrogen-bond donors (Lipinski definition) is 0. The van der Waals surface area contributed by atoms with E-state index in [-0.39, 0.29) is 5.78 Å². The number of thioether (sulfide) groups is 1. The number of ketones is 1. The predicted molar refractivity (Wildman–Crippen MR) is 101 cm³/mol. The van der Waals surface area contributed by atoms with Gasteiger partial charge in [0.05, 0.1) is 21.8 Å². The van der Waals surface area contributed by atoms with Gasteiger partial charge in [0.1, 0.15) is 11.1 Å². The van der Waals surface area contributed by atoms with Crippen LogP contribution in [0.15, 0.2) is 59.1 Å². The van der Waals surface area contributed by atoms with Gasteiger partial charge < -0.3 is 0 Å². The van der Waals surface area contributed by atoms with E-state index in [0.717, 1.165) is 28.4 Å². The summed E-state index contributed by atoms with van der Waals surface area (Å²) >= 11 is 2.98. The molecule has 0 N–H and O–H groups in total. The third-order valence-corrected chi connectivity index (χ3v) is 5.48. The third kappa shape index (κ3) is 4.53. The lowest BCUT2D eigenvalue weighted by molar-refractivity contribution is 0.0986. The van der Waals surface area contributed by atoms with Gasteiger partial charge in [-0.25, -0.2) is 4.98 Å². The normalized spacial score (nSPS) is 10.4. The Labute approximate surface area is 154 Å². The molecular formula is C19H15N3OS2. The minimum Gasteiger partial charge on any atom is -0.293 e. The number of carbonyl (C=O) groups is 1. The Balaban J connectivity index is 1.63. The molecule has 0 radical (unpaired) electrons. The summed E-state index contributed by atoms with van der Waals surface area (Å²) in [4.78, 5) is 21.7. The summed E-state index contributed by atoms with van der Waals surface area (Å²) in [6.45, 7) is 0. The minimum absolute atomic E-state index is 0.173. The number of thiophene rings is 1. The van der Waals surface area contributed by atoms with Crippen molar-refractivity contribution < 1.29 is 4.79 Å². The van der Waals surface area contributed by atoms with Crippen LogP contribution in [0.1, 0.15) is 28.1 Å². The lowest BCUT2D eigenvalue weighted by atomic mass is 10.2. The Hall–Kier alpha value is -2.49. The van der Waals surface area contributed by atoms with Crippen molar-refractivity contribution in [1.82, 2.24) is 9.97 Å². The van der Waals surface area contributed by atoms with E-state index in [4.69, 9.17) is 0 Å². The van der Waals surface area contributed by atoms with E-state index in [2.05, 4.69) is 16.0 Å². The smallest absolute Gasteiger partial charge is 0.172 e. The summed E-state index contributed by atoms with van der Waals surface area (Å²) in [6.07, 6.45) is 2.98. The Morgan fingerprint density at radius 2 is 2.08 bits per heavy atom. The first-order valence-corrected chi connectivity index (χ1v) is 9.66. The second-order valence-electron chi connectivity index (χ2n) is 5.23. The van der Waals surface area contributed by atoms with Gasteiger partial charge in [0.15, 0.2) is 5.78 Å². The van der Waals surface area contributed by atoms with Crippen LogP contribution < -0.4 is 0 Å². The Morgan fingerprint density at radius 1 is 1.16 bits per heavy atom. The Morgan fingerprint density at radius 3 is 2.80 bits per heavy atom. The molecule has 0 atom stereocenters. The van der Waals surface area contributed by atoms with E-state index in [1.807, 2.05) is 41.8 Å². The molecule has 6 heteroatoms. The van der Waals surface area contributed by atoms with Crippen molar-refractivity contribution in [2.75, 3.05) is 5.75 Å². The van der Waals surface area contributed by atoms with Crippen molar-refractivity contribution in [1.29, 1.82) is 5.26 Å². The molecule has 25 heavy (non-hydrogen) atoms. The van der Waals surface area contributed by atoms with E-state index in [0.29, 0.717) is 17.0 Å². The second-order valence-corrected chi connectivity index (χ2v) is 7.26. The molecular weight excluding hydrogens is 350 g/mol. The van der Waals surface area contributed by atoms with Crippen LogP contribution in [0.5, 0.6) is 0 Å². The maximum absolute atomic E-state index is 12.0. The molecule has 3 rings (SSSR count). The van der Waals surface area contributed by atoms with Crippen molar-refractivity contribution in [3.63, 3.8) is 0 Å². The number of hydrogen-bond acceptors (Lipinski definition) is 6. The molecule has 0 amide bonds. The molecule has 0 unspecified atom stereocenters. The summed E-state index contributed by atoms with van der Waals surface area (Å²) in [7, 11) is 0. The molecule has 0 aliphatic heterocycles. The first kappa shape index (κ1) is 17.3. The lowest BCUT2D eigenvalue weighted by Gasteiger charge is -2.06. The van der Waals surface area contributed by atoms with E-state index >= 15 is 0 Å². The molecule has 0 aromatic carbocycles. The van der Waals surface area contributed by atoms with E-state index in [1.165, 1.54) is 23.1 Å². The highest BCUT2D eigenvalue weighted by atomic mass is 32.2. The highest BCUT2D eigenvalue weighted by Gasteiger charge is 2.10. The first-order valence-electron chi connectivity index (χ1n) is 7.80. The van der Waals surface area contributed by atoms with E-state index in [1.54, 1.807) is 12.3 Å². The van der Waals surface area contributed by atoms with Gasteiger partial charge in [-0.2, -0.15) is 5.26 Å².